The Morgan fingerprint density at radius 2 is 1.57 bits per heavy atom. The summed E-state index contributed by atoms with van der Waals surface area (Å²) >= 11 is 0.242. The van der Waals surface area contributed by atoms with E-state index in [-0.39, 0.29) is 23.1 Å². The molecule has 0 saturated carbocycles. The van der Waals surface area contributed by atoms with Gasteiger partial charge in [0.1, 0.15) is 17.2 Å². The maximum absolute atomic E-state index is 12.5. The number of amides is 1. The highest BCUT2D eigenvalue weighted by molar-refractivity contribution is 7.15. The molecule has 1 heterocycles. The molecule has 0 radical (unpaired) electrons. The fraction of sp³-hybridized carbons (Fsp3) is 0.167. The molecule has 146 valence electrons. The number of aromatic nitrogens is 2. The number of nitrogens with zero attached hydrogens (tertiary/aromatic N) is 2. The summed E-state index contributed by atoms with van der Waals surface area (Å²) in [6, 6.07) is 14.1. The molecule has 0 bridgehead atoms. The van der Waals surface area contributed by atoms with Gasteiger partial charge in [0.05, 0.1) is 0 Å². The van der Waals surface area contributed by atoms with Gasteiger partial charge in [-0.15, -0.1) is 10.2 Å². The van der Waals surface area contributed by atoms with Crippen molar-refractivity contribution >= 4 is 22.4 Å². The minimum atomic E-state index is -4.60. The second-order valence-electron chi connectivity index (χ2n) is 5.63. The Labute approximate surface area is 161 Å². The van der Waals surface area contributed by atoms with E-state index in [1.54, 1.807) is 24.3 Å². The lowest BCUT2D eigenvalue weighted by Crippen LogP contribution is -2.20. The summed E-state index contributed by atoms with van der Waals surface area (Å²) in [7, 11) is 0. The first-order chi connectivity index (χ1) is 13.3. The Hall–Kier alpha value is -3.14. The first-order valence-corrected chi connectivity index (χ1v) is 8.79. The molecule has 1 aromatic heterocycles. The average molecular weight is 409 g/mol. The summed E-state index contributed by atoms with van der Waals surface area (Å²) in [4.78, 5) is 11.8. The van der Waals surface area contributed by atoms with E-state index in [2.05, 4.69) is 15.5 Å². The molecule has 3 rings (SSSR count). The Kier molecular flexibility index (Phi) is 5.78. The Morgan fingerprint density at radius 1 is 1.00 bits per heavy atom. The maximum Gasteiger partial charge on any atom is 0.445 e. The van der Waals surface area contributed by atoms with Gasteiger partial charge in [0, 0.05) is 0 Å². The van der Waals surface area contributed by atoms with E-state index in [1.165, 1.54) is 0 Å². The Balaban J connectivity index is 1.49. The SMILES string of the molecule is Cc1ccc(Oc2ccc(OCC(=O)Nc3nnc(C(F)(F)F)s3)cc2)cc1. The molecule has 0 unspecified atom stereocenters. The van der Waals surface area contributed by atoms with Crippen LogP contribution in [-0.2, 0) is 11.0 Å². The third-order valence-corrected chi connectivity index (χ3v) is 4.25. The van der Waals surface area contributed by atoms with Crippen LogP contribution in [0.25, 0.3) is 0 Å². The summed E-state index contributed by atoms with van der Waals surface area (Å²) in [5.41, 5.74) is 1.12. The van der Waals surface area contributed by atoms with Crippen LogP contribution < -0.4 is 14.8 Å². The Morgan fingerprint density at radius 3 is 2.14 bits per heavy atom. The van der Waals surface area contributed by atoms with Crippen molar-refractivity contribution in [2.45, 2.75) is 13.1 Å². The molecule has 28 heavy (non-hydrogen) atoms. The zero-order valence-corrected chi connectivity index (χ0v) is 15.3. The van der Waals surface area contributed by atoms with Gasteiger partial charge in [-0.05, 0) is 43.3 Å². The van der Waals surface area contributed by atoms with Gasteiger partial charge < -0.3 is 9.47 Å². The van der Waals surface area contributed by atoms with Crippen LogP contribution in [0.2, 0.25) is 0 Å². The molecule has 0 aliphatic rings. The van der Waals surface area contributed by atoms with Gasteiger partial charge in [0.25, 0.3) is 5.91 Å². The van der Waals surface area contributed by atoms with Crippen molar-refractivity contribution in [2.24, 2.45) is 0 Å². The van der Waals surface area contributed by atoms with E-state index < -0.39 is 17.1 Å². The number of aryl methyl sites for hydroxylation is 1. The van der Waals surface area contributed by atoms with Crippen LogP contribution in [-0.4, -0.2) is 22.7 Å². The monoisotopic (exact) mass is 409 g/mol. The molecular formula is C18H14F3N3O3S. The molecule has 2 aromatic carbocycles. The summed E-state index contributed by atoms with van der Waals surface area (Å²) < 4.78 is 48.4. The molecule has 3 aromatic rings. The predicted octanol–water partition coefficient (Wildman–Crippen LogP) is 4.68. The van der Waals surface area contributed by atoms with E-state index in [1.807, 2.05) is 31.2 Å². The highest BCUT2D eigenvalue weighted by atomic mass is 32.1. The zero-order chi connectivity index (χ0) is 20.1. The number of hydrogen-bond acceptors (Lipinski definition) is 6. The van der Waals surface area contributed by atoms with E-state index >= 15 is 0 Å². The predicted molar refractivity (Wildman–Crippen MR) is 96.7 cm³/mol. The molecule has 1 N–H and O–H groups in total. The van der Waals surface area contributed by atoms with Crippen molar-refractivity contribution in [1.82, 2.24) is 10.2 Å². The van der Waals surface area contributed by atoms with E-state index in [0.717, 1.165) is 5.56 Å². The smallest absolute Gasteiger partial charge is 0.445 e. The third-order valence-electron chi connectivity index (χ3n) is 3.36. The highest BCUT2D eigenvalue weighted by Gasteiger charge is 2.35. The van der Waals surface area contributed by atoms with Crippen molar-refractivity contribution in [3.63, 3.8) is 0 Å². The van der Waals surface area contributed by atoms with Crippen LogP contribution in [0.15, 0.2) is 48.5 Å². The topological polar surface area (TPSA) is 73.3 Å². The molecule has 0 atom stereocenters. The third kappa shape index (κ3) is 5.43. The first kappa shape index (κ1) is 19.6. The zero-order valence-electron chi connectivity index (χ0n) is 14.5. The van der Waals surface area contributed by atoms with Gasteiger partial charge in [-0.1, -0.05) is 29.0 Å². The summed E-state index contributed by atoms with van der Waals surface area (Å²) in [6.07, 6.45) is -4.60. The quantitative estimate of drug-likeness (QED) is 0.640. The number of anilines is 1. The number of carbonyl (C=O) groups excluding carboxylic acids is 1. The fourth-order valence-corrected chi connectivity index (χ4v) is 2.67. The van der Waals surface area contributed by atoms with Crippen molar-refractivity contribution < 1.29 is 27.4 Å². The summed E-state index contributed by atoms with van der Waals surface area (Å²) in [5, 5.41) is 7.09. The minimum absolute atomic E-state index is 0.242. The van der Waals surface area contributed by atoms with E-state index in [9.17, 15) is 18.0 Å². The Bertz CT molecular complexity index is 941. The molecule has 0 aliphatic carbocycles. The summed E-state index contributed by atoms with van der Waals surface area (Å²) in [5.74, 6) is 1.03. The van der Waals surface area contributed by atoms with E-state index in [4.69, 9.17) is 9.47 Å². The lowest BCUT2D eigenvalue weighted by molar-refractivity contribution is -0.138. The minimum Gasteiger partial charge on any atom is -0.484 e. The number of ether oxygens (including phenoxy) is 2. The largest absolute Gasteiger partial charge is 0.484 e. The van der Waals surface area contributed by atoms with Crippen LogP contribution >= 0.6 is 11.3 Å². The summed E-state index contributed by atoms with van der Waals surface area (Å²) in [6.45, 7) is 1.59. The van der Waals surface area contributed by atoms with Crippen molar-refractivity contribution in [3.8, 4) is 17.2 Å². The number of hydrogen-bond donors (Lipinski definition) is 1. The van der Waals surface area contributed by atoms with Crippen molar-refractivity contribution in [3.05, 3.63) is 59.1 Å². The van der Waals surface area contributed by atoms with E-state index in [0.29, 0.717) is 17.2 Å². The fourth-order valence-electron chi connectivity index (χ4n) is 2.04. The molecule has 10 heteroatoms. The highest BCUT2D eigenvalue weighted by Crippen LogP contribution is 2.33. The van der Waals surface area contributed by atoms with Crippen LogP contribution in [0.5, 0.6) is 17.2 Å². The lowest BCUT2D eigenvalue weighted by Gasteiger charge is -2.08. The number of carbonyl (C=O) groups is 1. The molecular weight excluding hydrogens is 395 g/mol. The van der Waals surface area contributed by atoms with Gasteiger partial charge in [-0.25, -0.2) is 0 Å². The number of benzene rings is 2. The van der Waals surface area contributed by atoms with Gasteiger partial charge in [0.2, 0.25) is 10.1 Å². The lowest BCUT2D eigenvalue weighted by atomic mass is 10.2. The molecule has 1 amide bonds. The van der Waals surface area contributed by atoms with Crippen molar-refractivity contribution in [1.29, 1.82) is 0 Å². The molecule has 0 spiro atoms. The van der Waals surface area contributed by atoms with Gasteiger partial charge >= 0.3 is 6.18 Å². The number of alkyl halides is 3. The molecule has 0 saturated heterocycles. The normalized spacial score (nSPS) is 11.1. The van der Waals surface area contributed by atoms with Crippen molar-refractivity contribution in [2.75, 3.05) is 11.9 Å². The standard InChI is InChI=1S/C18H14F3N3O3S/c1-11-2-4-13(5-3-11)27-14-8-6-12(7-9-14)26-10-15(25)22-17-24-23-16(28-17)18(19,20)21/h2-9H,10H2,1H3,(H,22,24,25). The van der Waals surface area contributed by atoms with Crippen LogP contribution in [0.3, 0.4) is 0 Å². The van der Waals surface area contributed by atoms with Crippen LogP contribution in [0.1, 0.15) is 10.6 Å². The van der Waals surface area contributed by atoms with Crippen LogP contribution in [0, 0.1) is 6.92 Å². The average Bonchev–Trinajstić information content (AvgIpc) is 3.12. The van der Waals surface area contributed by atoms with Gasteiger partial charge in [-0.3, -0.25) is 10.1 Å². The second-order valence-corrected chi connectivity index (χ2v) is 6.61. The van der Waals surface area contributed by atoms with Crippen LogP contribution in [0.4, 0.5) is 18.3 Å². The molecule has 0 aliphatic heterocycles. The first-order valence-electron chi connectivity index (χ1n) is 7.97. The second kappa shape index (κ2) is 8.26. The maximum atomic E-state index is 12.5. The van der Waals surface area contributed by atoms with Gasteiger partial charge in [0.15, 0.2) is 6.61 Å². The molecule has 0 fully saturated rings. The number of nitrogens with one attached hydrogen (secondary N) is 1. The molecule has 6 nitrogen and oxygen atoms in total. The van der Waals surface area contributed by atoms with Gasteiger partial charge in [-0.2, -0.15) is 13.2 Å². The number of halogens is 3. The number of rotatable bonds is 6.